The molecule has 0 amide bonds. The maximum Gasteiger partial charge on any atom is 0.229 e. The Hall–Kier alpha value is -4.25. The second kappa shape index (κ2) is 6.39. The summed E-state index contributed by atoms with van der Waals surface area (Å²) in [7, 11) is 0. The lowest BCUT2D eigenvalue weighted by atomic mass is 10.1. The van der Waals surface area contributed by atoms with Crippen LogP contribution in [0, 0.1) is 0 Å². The van der Waals surface area contributed by atoms with Gasteiger partial charge in [0.25, 0.3) is 0 Å². The van der Waals surface area contributed by atoms with Gasteiger partial charge in [0, 0.05) is 33.9 Å². The van der Waals surface area contributed by atoms with Gasteiger partial charge in [-0.3, -0.25) is 14.8 Å². The quantitative estimate of drug-likeness (QED) is 0.305. The Balaban J connectivity index is 1.53. The van der Waals surface area contributed by atoms with Crippen LogP contribution in [0.2, 0.25) is 0 Å². The fourth-order valence-electron chi connectivity index (χ4n) is 3.83. The third-order valence-electron chi connectivity index (χ3n) is 5.33. The van der Waals surface area contributed by atoms with E-state index in [4.69, 9.17) is 0 Å². The normalized spacial score (nSPS) is 11.5. The molecule has 6 rings (SSSR count). The molecule has 140 valence electrons. The number of carbonyl (C=O) groups excluding carboxylic acids is 1. The van der Waals surface area contributed by atoms with Crippen LogP contribution in [0.5, 0.6) is 0 Å². The highest BCUT2D eigenvalue weighted by molar-refractivity contribution is 6.11. The predicted octanol–water partition coefficient (Wildman–Crippen LogP) is 5.11. The van der Waals surface area contributed by atoms with E-state index in [1.54, 1.807) is 24.5 Å². The minimum absolute atomic E-state index is 0.223. The maximum atomic E-state index is 13.2. The van der Waals surface area contributed by atoms with E-state index in [2.05, 4.69) is 19.9 Å². The van der Waals surface area contributed by atoms with Crippen LogP contribution in [-0.4, -0.2) is 25.7 Å². The number of pyridine rings is 4. The van der Waals surface area contributed by atoms with Gasteiger partial charge in [-0.05, 0) is 24.3 Å². The van der Waals surface area contributed by atoms with E-state index in [1.807, 2.05) is 60.7 Å². The summed E-state index contributed by atoms with van der Waals surface area (Å²) in [6.45, 7) is 0. The molecule has 0 saturated carbocycles. The summed E-state index contributed by atoms with van der Waals surface area (Å²) < 4.78 is 0. The monoisotopic (exact) mass is 386 g/mol. The van der Waals surface area contributed by atoms with Gasteiger partial charge in [-0.25, -0.2) is 9.97 Å². The number of nitrogens with zero attached hydrogens (tertiary/aromatic N) is 4. The predicted molar refractivity (Wildman–Crippen MR) is 118 cm³/mol. The SMILES string of the molecule is O=C(c1ccc2ccc3cccnc3c2n1)c1ccc2ccc3cccnc3c2n1. The molecule has 0 aliphatic carbocycles. The number of hydrogen-bond acceptors (Lipinski definition) is 5. The molecule has 30 heavy (non-hydrogen) atoms. The number of hydrogen-bond donors (Lipinski definition) is 0. The second-order valence-corrected chi connectivity index (χ2v) is 7.15. The topological polar surface area (TPSA) is 68.6 Å². The maximum absolute atomic E-state index is 13.2. The Morgan fingerprint density at radius 3 is 1.37 bits per heavy atom. The third-order valence-corrected chi connectivity index (χ3v) is 5.33. The van der Waals surface area contributed by atoms with E-state index in [-0.39, 0.29) is 5.78 Å². The summed E-state index contributed by atoms with van der Waals surface area (Å²) in [5.41, 5.74) is 3.69. The first-order chi connectivity index (χ1) is 14.8. The first-order valence-corrected chi connectivity index (χ1v) is 9.62. The number of rotatable bonds is 2. The van der Waals surface area contributed by atoms with Crippen LogP contribution < -0.4 is 0 Å². The number of ketones is 1. The van der Waals surface area contributed by atoms with Crippen molar-refractivity contribution in [2.75, 3.05) is 0 Å². The molecular weight excluding hydrogens is 372 g/mol. The molecule has 2 aromatic carbocycles. The minimum Gasteiger partial charge on any atom is -0.285 e. The third kappa shape index (κ3) is 2.53. The van der Waals surface area contributed by atoms with Gasteiger partial charge in [0.15, 0.2) is 0 Å². The molecule has 0 atom stereocenters. The Morgan fingerprint density at radius 1 is 0.500 bits per heavy atom. The van der Waals surface area contributed by atoms with E-state index in [9.17, 15) is 4.79 Å². The van der Waals surface area contributed by atoms with Gasteiger partial charge in [-0.2, -0.15) is 0 Å². The van der Waals surface area contributed by atoms with Crippen LogP contribution >= 0.6 is 0 Å². The fraction of sp³-hybridized carbons (Fsp3) is 0. The van der Waals surface area contributed by atoms with Crippen molar-refractivity contribution in [1.29, 1.82) is 0 Å². The molecule has 0 spiro atoms. The second-order valence-electron chi connectivity index (χ2n) is 7.15. The minimum atomic E-state index is -0.223. The first kappa shape index (κ1) is 16.7. The average molecular weight is 386 g/mol. The van der Waals surface area contributed by atoms with Crippen LogP contribution in [0.1, 0.15) is 16.2 Å². The Labute approximate surface area is 171 Å². The Morgan fingerprint density at radius 2 is 0.900 bits per heavy atom. The van der Waals surface area contributed by atoms with Gasteiger partial charge in [0.1, 0.15) is 11.4 Å². The number of fused-ring (bicyclic) bond motifs is 6. The number of benzene rings is 2. The number of aromatic nitrogens is 4. The van der Waals surface area contributed by atoms with E-state index < -0.39 is 0 Å². The molecule has 4 aromatic heterocycles. The smallest absolute Gasteiger partial charge is 0.229 e. The van der Waals surface area contributed by atoms with E-state index in [0.717, 1.165) is 32.6 Å². The Bertz CT molecular complexity index is 1500. The van der Waals surface area contributed by atoms with Crippen molar-refractivity contribution in [3.05, 3.63) is 96.6 Å². The van der Waals surface area contributed by atoms with Gasteiger partial charge in [-0.15, -0.1) is 0 Å². The molecule has 4 heterocycles. The highest BCUT2D eigenvalue weighted by atomic mass is 16.1. The van der Waals surface area contributed by atoms with E-state index >= 15 is 0 Å². The van der Waals surface area contributed by atoms with Crippen molar-refractivity contribution in [1.82, 2.24) is 19.9 Å². The lowest BCUT2D eigenvalue weighted by Crippen LogP contribution is -2.07. The molecular formula is C25H14N4O. The lowest BCUT2D eigenvalue weighted by Gasteiger charge is -2.07. The van der Waals surface area contributed by atoms with Crippen LogP contribution in [0.15, 0.2) is 85.2 Å². The molecule has 0 fully saturated rings. The number of carbonyl (C=O) groups is 1. The van der Waals surface area contributed by atoms with Crippen molar-refractivity contribution < 1.29 is 4.79 Å². The van der Waals surface area contributed by atoms with Crippen LogP contribution in [0.4, 0.5) is 0 Å². The largest absolute Gasteiger partial charge is 0.285 e. The van der Waals surface area contributed by atoms with Crippen LogP contribution in [-0.2, 0) is 0 Å². The van der Waals surface area contributed by atoms with Crippen LogP contribution in [0.25, 0.3) is 43.6 Å². The van der Waals surface area contributed by atoms with Gasteiger partial charge >= 0.3 is 0 Å². The molecule has 0 radical (unpaired) electrons. The zero-order valence-corrected chi connectivity index (χ0v) is 15.8. The van der Waals surface area contributed by atoms with Crippen molar-refractivity contribution in [2.45, 2.75) is 0 Å². The molecule has 0 N–H and O–H groups in total. The average Bonchev–Trinajstić information content (AvgIpc) is 2.82. The summed E-state index contributed by atoms with van der Waals surface area (Å²) in [5, 5.41) is 3.87. The van der Waals surface area contributed by atoms with Gasteiger partial charge < -0.3 is 0 Å². The molecule has 0 unspecified atom stereocenters. The molecule has 0 aliphatic heterocycles. The van der Waals surface area contributed by atoms with Gasteiger partial charge in [0.2, 0.25) is 5.78 Å². The van der Waals surface area contributed by atoms with E-state index in [0.29, 0.717) is 22.4 Å². The molecule has 0 bridgehead atoms. The molecule has 5 nitrogen and oxygen atoms in total. The standard InChI is InChI=1S/C25H14N4O/c30-25(19-11-9-17-7-5-15-3-1-13-26-21(15)23(17)28-19)20-12-10-18-8-6-16-4-2-14-27-22(16)24(18)29-20/h1-14H. The summed E-state index contributed by atoms with van der Waals surface area (Å²) in [6, 6.07) is 23.1. The van der Waals surface area contributed by atoms with Crippen molar-refractivity contribution in [3.8, 4) is 0 Å². The highest BCUT2D eigenvalue weighted by Crippen LogP contribution is 2.25. The lowest BCUT2D eigenvalue weighted by molar-refractivity contribution is 0.103. The summed E-state index contributed by atoms with van der Waals surface area (Å²) in [5.74, 6) is -0.223. The Kier molecular flexibility index (Phi) is 3.55. The summed E-state index contributed by atoms with van der Waals surface area (Å²) in [4.78, 5) is 31.5. The summed E-state index contributed by atoms with van der Waals surface area (Å²) in [6.07, 6.45) is 3.47. The molecule has 5 heteroatoms. The molecule has 6 aromatic rings. The zero-order chi connectivity index (χ0) is 20.1. The van der Waals surface area contributed by atoms with E-state index in [1.165, 1.54) is 0 Å². The molecule has 0 saturated heterocycles. The fourth-order valence-corrected chi connectivity index (χ4v) is 3.83. The first-order valence-electron chi connectivity index (χ1n) is 9.62. The van der Waals surface area contributed by atoms with Crippen molar-refractivity contribution in [2.24, 2.45) is 0 Å². The highest BCUT2D eigenvalue weighted by Gasteiger charge is 2.15. The molecule has 0 aliphatic rings. The van der Waals surface area contributed by atoms with Crippen molar-refractivity contribution >= 4 is 49.4 Å². The zero-order valence-electron chi connectivity index (χ0n) is 15.8. The van der Waals surface area contributed by atoms with Crippen LogP contribution in [0.3, 0.4) is 0 Å². The van der Waals surface area contributed by atoms with Gasteiger partial charge in [0.05, 0.1) is 22.1 Å². The summed E-state index contributed by atoms with van der Waals surface area (Å²) >= 11 is 0. The van der Waals surface area contributed by atoms with Gasteiger partial charge in [-0.1, -0.05) is 48.5 Å². The van der Waals surface area contributed by atoms with Crippen molar-refractivity contribution in [3.63, 3.8) is 0 Å².